The number of hydrogen-bond acceptors (Lipinski definition) is 1. The van der Waals surface area contributed by atoms with Gasteiger partial charge in [0.05, 0.1) is 0 Å². The maximum atomic E-state index is 13.5. The third-order valence-corrected chi connectivity index (χ3v) is 4.14. The lowest BCUT2D eigenvalue weighted by molar-refractivity contribution is -0.291. The largest absolute Gasteiger partial charge is 0.455 e. The molecular weight excluding hydrogens is 277 g/mol. The number of halogens is 5. The van der Waals surface area contributed by atoms with Crippen LogP contribution in [-0.4, -0.2) is 12.1 Å². The fraction of sp³-hybridized carbons (Fsp3) is 0.571. The zero-order valence-corrected chi connectivity index (χ0v) is 12.0. The van der Waals surface area contributed by atoms with Crippen LogP contribution in [-0.2, 0) is 0 Å². The molecule has 0 aliphatic rings. The van der Waals surface area contributed by atoms with E-state index in [1.807, 2.05) is 6.92 Å². The van der Waals surface area contributed by atoms with E-state index in [0.717, 1.165) is 5.56 Å². The van der Waals surface area contributed by atoms with Gasteiger partial charge in [-0.05, 0) is 68.0 Å². The van der Waals surface area contributed by atoms with Gasteiger partial charge in [0.2, 0.25) is 0 Å². The lowest BCUT2D eigenvalue weighted by Gasteiger charge is -2.30. The quantitative estimate of drug-likeness (QED) is 0.803. The number of nitrogens with two attached hydrogens (primary N) is 1. The summed E-state index contributed by atoms with van der Waals surface area (Å²) in [6, 6.07) is -2.40. The molecule has 1 aromatic carbocycles. The van der Waals surface area contributed by atoms with Gasteiger partial charge in [-0.15, -0.1) is 0 Å². The van der Waals surface area contributed by atoms with Crippen LogP contribution in [0.4, 0.5) is 22.0 Å². The van der Waals surface area contributed by atoms with Gasteiger partial charge in [0, 0.05) is 0 Å². The van der Waals surface area contributed by atoms with E-state index in [4.69, 9.17) is 5.73 Å². The predicted molar refractivity (Wildman–Crippen MR) is 68.1 cm³/mol. The van der Waals surface area contributed by atoms with E-state index in [1.165, 1.54) is 13.8 Å². The zero-order chi connectivity index (χ0) is 16.0. The van der Waals surface area contributed by atoms with Crippen molar-refractivity contribution in [1.82, 2.24) is 0 Å². The average molecular weight is 295 g/mol. The molecule has 1 aromatic rings. The normalized spacial score (nSPS) is 14.6. The molecule has 114 valence electrons. The van der Waals surface area contributed by atoms with E-state index in [0.29, 0.717) is 22.3 Å². The summed E-state index contributed by atoms with van der Waals surface area (Å²) in [5, 5.41) is 0. The minimum absolute atomic E-state index is 0.118. The maximum Gasteiger partial charge on any atom is 0.455 e. The molecule has 6 heteroatoms. The van der Waals surface area contributed by atoms with Gasteiger partial charge in [0.1, 0.15) is 6.04 Å². The molecule has 0 spiro atoms. The van der Waals surface area contributed by atoms with E-state index in [1.54, 1.807) is 13.8 Å². The lowest BCUT2D eigenvalue weighted by atomic mass is 9.84. The van der Waals surface area contributed by atoms with Gasteiger partial charge in [-0.3, -0.25) is 0 Å². The van der Waals surface area contributed by atoms with E-state index in [2.05, 4.69) is 0 Å². The molecule has 0 radical (unpaired) electrons. The summed E-state index contributed by atoms with van der Waals surface area (Å²) >= 11 is 0. The highest BCUT2D eigenvalue weighted by Gasteiger charge is 2.62. The van der Waals surface area contributed by atoms with E-state index >= 15 is 0 Å². The Labute approximate surface area is 115 Å². The molecule has 20 heavy (non-hydrogen) atoms. The van der Waals surface area contributed by atoms with Crippen molar-refractivity contribution < 1.29 is 22.0 Å². The first-order chi connectivity index (χ1) is 8.84. The van der Waals surface area contributed by atoms with Gasteiger partial charge < -0.3 is 5.73 Å². The Hall–Kier alpha value is -1.17. The number of alkyl halides is 5. The molecule has 1 nitrogen and oxygen atoms in total. The van der Waals surface area contributed by atoms with Crippen molar-refractivity contribution in [2.45, 2.75) is 52.8 Å². The fourth-order valence-corrected chi connectivity index (χ4v) is 2.35. The Morgan fingerprint density at radius 3 is 1.30 bits per heavy atom. The summed E-state index contributed by atoms with van der Waals surface area (Å²) < 4.78 is 64.4. The van der Waals surface area contributed by atoms with Crippen molar-refractivity contribution in [3.63, 3.8) is 0 Å². The molecule has 0 unspecified atom stereocenters. The molecule has 0 amide bonds. The van der Waals surface area contributed by atoms with Crippen LogP contribution in [0.5, 0.6) is 0 Å². The van der Waals surface area contributed by atoms with Gasteiger partial charge in [-0.25, -0.2) is 0 Å². The SMILES string of the molecule is Cc1c(C)c(C)c([C@H](N)C(F)(F)C(F)(F)F)c(C)c1C. The van der Waals surface area contributed by atoms with Crippen LogP contribution in [0.2, 0.25) is 0 Å². The first kappa shape index (κ1) is 16.9. The Morgan fingerprint density at radius 2 is 1.00 bits per heavy atom. The van der Waals surface area contributed by atoms with Crippen molar-refractivity contribution in [3.05, 3.63) is 33.4 Å². The third kappa shape index (κ3) is 2.41. The maximum absolute atomic E-state index is 13.5. The molecule has 0 bridgehead atoms. The molecule has 0 aliphatic heterocycles. The summed E-state index contributed by atoms with van der Waals surface area (Å²) in [4.78, 5) is 0. The van der Waals surface area contributed by atoms with Gasteiger partial charge >= 0.3 is 12.1 Å². The second kappa shape index (κ2) is 4.98. The van der Waals surface area contributed by atoms with Crippen LogP contribution in [0.25, 0.3) is 0 Å². The molecule has 0 fully saturated rings. The molecule has 0 saturated heterocycles. The lowest BCUT2D eigenvalue weighted by Crippen LogP contribution is -2.46. The fourth-order valence-electron chi connectivity index (χ4n) is 2.35. The highest BCUT2D eigenvalue weighted by Crippen LogP contribution is 2.45. The standard InChI is InChI=1S/C14H18F5N/c1-6-7(2)9(4)11(10(5)8(6)3)12(20)13(15,16)14(17,18)19/h12H,20H2,1-5H3/t12-/m0/s1. The molecule has 0 aromatic heterocycles. The van der Waals surface area contributed by atoms with Crippen molar-refractivity contribution >= 4 is 0 Å². The van der Waals surface area contributed by atoms with E-state index < -0.39 is 18.1 Å². The van der Waals surface area contributed by atoms with Crippen LogP contribution in [0.1, 0.15) is 39.4 Å². The van der Waals surface area contributed by atoms with Gasteiger partial charge in [-0.2, -0.15) is 22.0 Å². The van der Waals surface area contributed by atoms with Gasteiger partial charge in [-0.1, -0.05) is 0 Å². The Bertz CT molecular complexity index is 502. The molecular formula is C14H18F5N. The van der Waals surface area contributed by atoms with E-state index in [-0.39, 0.29) is 5.56 Å². The minimum Gasteiger partial charge on any atom is -0.319 e. The molecule has 1 rings (SSSR count). The summed E-state index contributed by atoms with van der Waals surface area (Å²) in [5.41, 5.74) is 8.21. The van der Waals surface area contributed by atoms with Crippen LogP contribution in [0.15, 0.2) is 0 Å². The summed E-state index contributed by atoms with van der Waals surface area (Å²) in [7, 11) is 0. The molecule has 1 atom stereocenters. The first-order valence-corrected chi connectivity index (χ1v) is 6.11. The molecule has 0 saturated carbocycles. The van der Waals surface area contributed by atoms with Gasteiger partial charge in [0.25, 0.3) is 0 Å². The highest BCUT2D eigenvalue weighted by molar-refractivity contribution is 5.51. The van der Waals surface area contributed by atoms with Crippen LogP contribution in [0, 0.1) is 34.6 Å². The van der Waals surface area contributed by atoms with Crippen molar-refractivity contribution in [2.24, 2.45) is 5.73 Å². The van der Waals surface area contributed by atoms with Crippen LogP contribution >= 0.6 is 0 Å². The van der Waals surface area contributed by atoms with Crippen LogP contribution in [0.3, 0.4) is 0 Å². The second-order valence-electron chi connectivity index (χ2n) is 5.14. The zero-order valence-electron chi connectivity index (χ0n) is 12.0. The minimum atomic E-state index is -5.67. The molecule has 0 heterocycles. The number of benzene rings is 1. The smallest absolute Gasteiger partial charge is 0.319 e. The average Bonchev–Trinajstić information content (AvgIpc) is 2.32. The Morgan fingerprint density at radius 1 is 0.700 bits per heavy atom. The second-order valence-corrected chi connectivity index (χ2v) is 5.14. The monoisotopic (exact) mass is 295 g/mol. The third-order valence-electron chi connectivity index (χ3n) is 4.14. The number of rotatable bonds is 2. The highest BCUT2D eigenvalue weighted by atomic mass is 19.4. The van der Waals surface area contributed by atoms with Crippen molar-refractivity contribution in [3.8, 4) is 0 Å². The topological polar surface area (TPSA) is 26.0 Å². The summed E-state index contributed by atoms with van der Waals surface area (Å²) in [6.45, 7) is 8.24. The summed E-state index contributed by atoms with van der Waals surface area (Å²) in [5.74, 6) is -4.96. The van der Waals surface area contributed by atoms with Gasteiger partial charge in [0.15, 0.2) is 0 Å². The van der Waals surface area contributed by atoms with Crippen molar-refractivity contribution in [1.29, 1.82) is 0 Å². The number of hydrogen-bond donors (Lipinski definition) is 1. The Kier molecular flexibility index (Phi) is 4.21. The first-order valence-electron chi connectivity index (χ1n) is 6.11. The van der Waals surface area contributed by atoms with Crippen LogP contribution < -0.4 is 5.73 Å². The van der Waals surface area contributed by atoms with Crippen molar-refractivity contribution in [2.75, 3.05) is 0 Å². The van der Waals surface area contributed by atoms with E-state index in [9.17, 15) is 22.0 Å². The summed E-state index contributed by atoms with van der Waals surface area (Å²) in [6.07, 6.45) is -5.67. The molecule has 2 N–H and O–H groups in total. The Balaban J connectivity index is 3.57. The predicted octanol–water partition coefficient (Wildman–Crippen LogP) is 4.43. The molecule has 0 aliphatic carbocycles.